The van der Waals surface area contributed by atoms with Crippen LogP contribution in [0.2, 0.25) is 10.0 Å². The van der Waals surface area contributed by atoms with Gasteiger partial charge in [-0.3, -0.25) is 9.59 Å². The lowest BCUT2D eigenvalue weighted by Gasteiger charge is -2.10. The van der Waals surface area contributed by atoms with Crippen LogP contribution in [0.25, 0.3) is 0 Å². The SMILES string of the molecule is O=C(Nc1ccc(Cl)cc1C(=O)c1ccccc1)c1ccc(COc2ccc(F)cc2Cl)o1. The number of benzene rings is 3. The van der Waals surface area contributed by atoms with Crippen molar-refractivity contribution >= 4 is 40.6 Å². The lowest BCUT2D eigenvalue weighted by atomic mass is 10.0. The molecule has 1 amide bonds. The van der Waals surface area contributed by atoms with Gasteiger partial charge in [-0.2, -0.15) is 0 Å². The summed E-state index contributed by atoms with van der Waals surface area (Å²) >= 11 is 12.0. The summed E-state index contributed by atoms with van der Waals surface area (Å²) in [6.45, 7) is -0.0165. The van der Waals surface area contributed by atoms with Crippen LogP contribution in [-0.2, 0) is 6.61 Å². The summed E-state index contributed by atoms with van der Waals surface area (Å²) in [5.74, 6) is -0.643. The van der Waals surface area contributed by atoms with Crippen molar-refractivity contribution in [2.24, 2.45) is 0 Å². The third-order valence-corrected chi connectivity index (χ3v) is 5.19. The molecule has 0 unspecified atom stereocenters. The third-order valence-electron chi connectivity index (χ3n) is 4.66. The summed E-state index contributed by atoms with van der Waals surface area (Å²) < 4.78 is 24.2. The first-order chi connectivity index (χ1) is 15.9. The van der Waals surface area contributed by atoms with Crippen LogP contribution >= 0.6 is 23.2 Å². The van der Waals surface area contributed by atoms with Crippen LogP contribution in [0.4, 0.5) is 10.1 Å². The largest absolute Gasteiger partial charge is 0.484 e. The molecule has 1 N–H and O–H groups in total. The molecule has 3 aromatic carbocycles. The smallest absolute Gasteiger partial charge is 0.291 e. The predicted octanol–water partition coefficient (Wildman–Crippen LogP) is 6.79. The first-order valence-electron chi connectivity index (χ1n) is 9.78. The zero-order valence-corrected chi connectivity index (χ0v) is 18.5. The van der Waals surface area contributed by atoms with Gasteiger partial charge in [0, 0.05) is 16.1 Å². The van der Waals surface area contributed by atoms with E-state index in [1.54, 1.807) is 48.5 Å². The normalized spacial score (nSPS) is 10.6. The van der Waals surface area contributed by atoms with Crippen molar-refractivity contribution in [3.8, 4) is 5.75 Å². The fourth-order valence-electron chi connectivity index (χ4n) is 3.06. The summed E-state index contributed by atoms with van der Waals surface area (Å²) in [4.78, 5) is 25.7. The van der Waals surface area contributed by atoms with Gasteiger partial charge in [-0.05, 0) is 48.5 Å². The zero-order chi connectivity index (χ0) is 23.4. The lowest BCUT2D eigenvalue weighted by Crippen LogP contribution is -2.14. The van der Waals surface area contributed by atoms with E-state index in [1.807, 2.05) is 0 Å². The highest BCUT2D eigenvalue weighted by atomic mass is 35.5. The molecule has 8 heteroatoms. The number of anilines is 1. The Hall–Kier alpha value is -3.61. The quantitative estimate of drug-likeness (QED) is 0.294. The average Bonchev–Trinajstić information content (AvgIpc) is 3.29. The van der Waals surface area contributed by atoms with Crippen molar-refractivity contribution in [1.29, 1.82) is 0 Å². The second kappa shape index (κ2) is 9.90. The van der Waals surface area contributed by atoms with E-state index in [1.165, 1.54) is 24.3 Å². The van der Waals surface area contributed by atoms with Crippen LogP contribution in [0.1, 0.15) is 32.2 Å². The maximum Gasteiger partial charge on any atom is 0.291 e. The van der Waals surface area contributed by atoms with Gasteiger partial charge >= 0.3 is 0 Å². The van der Waals surface area contributed by atoms with Crippen molar-refractivity contribution in [1.82, 2.24) is 0 Å². The molecule has 0 bridgehead atoms. The molecule has 1 aromatic heterocycles. The standard InChI is InChI=1S/C25H16Cl2FNO4/c26-16-6-9-21(19(12-16)24(30)15-4-2-1-3-5-15)29-25(31)23-11-8-18(33-23)14-32-22-10-7-17(28)13-20(22)27/h1-13H,14H2,(H,29,31). The maximum atomic E-state index is 13.1. The first-order valence-corrected chi connectivity index (χ1v) is 10.5. The Bertz CT molecular complexity index is 1320. The number of nitrogens with one attached hydrogen (secondary N) is 1. The molecule has 0 aliphatic carbocycles. The number of hydrogen-bond acceptors (Lipinski definition) is 4. The summed E-state index contributed by atoms with van der Waals surface area (Å²) in [7, 11) is 0. The maximum absolute atomic E-state index is 13.1. The molecule has 0 saturated heterocycles. The summed E-state index contributed by atoms with van der Waals surface area (Å²) in [5.41, 5.74) is 1.01. The van der Waals surface area contributed by atoms with Gasteiger partial charge in [-0.1, -0.05) is 53.5 Å². The molecule has 5 nitrogen and oxygen atoms in total. The minimum atomic E-state index is -0.550. The molecule has 0 saturated carbocycles. The molecule has 0 aliphatic heterocycles. The van der Waals surface area contributed by atoms with Gasteiger partial charge in [0.1, 0.15) is 23.9 Å². The second-order valence-corrected chi connectivity index (χ2v) is 7.81. The minimum absolute atomic E-state index is 0.0165. The fraction of sp³-hybridized carbons (Fsp3) is 0.0400. The Kier molecular flexibility index (Phi) is 6.77. The van der Waals surface area contributed by atoms with Gasteiger partial charge in [0.15, 0.2) is 11.5 Å². The van der Waals surface area contributed by atoms with E-state index in [9.17, 15) is 14.0 Å². The van der Waals surface area contributed by atoms with Crippen LogP contribution in [0, 0.1) is 5.82 Å². The van der Waals surface area contributed by atoms with Crippen molar-refractivity contribution in [3.05, 3.63) is 117 Å². The van der Waals surface area contributed by atoms with Crippen molar-refractivity contribution in [2.75, 3.05) is 5.32 Å². The van der Waals surface area contributed by atoms with E-state index in [2.05, 4.69) is 5.32 Å². The zero-order valence-electron chi connectivity index (χ0n) is 17.0. The van der Waals surface area contributed by atoms with E-state index < -0.39 is 11.7 Å². The molecular formula is C25H16Cl2FNO4. The highest BCUT2D eigenvalue weighted by Crippen LogP contribution is 2.27. The number of halogens is 3. The molecule has 0 radical (unpaired) electrons. The van der Waals surface area contributed by atoms with E-state index in [0.29, 0.717) is 22.0 Å². The van der Waals surface area contributed by atoms with Crippen LogP contribution in [0.3, 0.4) is 0 Å². The predicted molar refractivity (Wildman–Crippen MR) is 124 cm³/mol. The molecular weight excluding hydrogens is 468 g/mol. The van der Waals surface area contributed by atoms with Crippen LogP contribution in [0.15, 0.2) is 83.3 Å². The summed E-state index contributed by atoms with van der Waals surface area (Å²) in [6, 6.07) is 20.1. The molecule has 0 spiro atoms. The molecule has 4 rings (SSSR count). The van der Waals surface area contributed by atoms with E-state index in [4.69, 9.17) is 32.4 Å². The van der Waals surface area contributed by atoms with Gasteiger partial charge in [-0.25, -0.2) is 4.39 Å². The monoisotopic (exact) mass is 483 g/mol. The molecule has 166 valence electrons. The molecule has 0 fully saturated rings. The minimum Gasteiger partial charge on any atom is -0.484 e. The molecule has 0 aliphatic rings. The lowest BCUT2D eigenvalue weighted by molar-refractivity contribution is 0.0992. The number of furan rings is 1. The Morgan fingerprint density at radius 1 is 0.939 bits per heavy atom. The van der Waals surface area contributed by atoms with Crippen molar-refractivity contribution in [3.63, 3.8) is 0 Å². The highest BCUT2D eigenvalue weighted by Gasteiger charge is 2.18. The van der Waals surface area contributed by atoms with Crippen molar-refractivity contribution < 1.29 is 23.1 Å². The first kappa shape index (κ1) is 22.6. The van der Waals surface area contributed by atoms with E-state index in [0.717, 1.165) is 6.07 Å². The molecule has 0 atom stereocenters. The van der Waals surface area contributed by atoms with Gasteiger partial charge in [0.25, 0.3) is 5.91 Å². The second-order valence-electron chi connectivity index (χ2n) is 6.97. The molecule has 33 heavy (non-hydrogen) atoms. The van der Waals surface area contributed by atoms with E-state index in [-0.39, 0.29) is 34.5 Å². The average molecular weight is 484 g/mol. The molecule has 4 aromatic rings. The van der Waals surface area contributed by atoms with Gasteiger partial charge in [0.05, 0.1) is 10.7 Å². The number of amides is 1. The Balaban J connectivity index is 1.48. The number of ketones is 1. The van der Waals surface area contributed by atoms with Crippen LogP contribution in [-0.4, -0.2) is 11.7 Å². The van der Waals surface area contributed by atoms with Gasteiger partial charge in [0.2, 0.25) is 0 Å². The topological polar surface area (TPSA) is 68.5 Å². The Labute approximate surface area is 198 Å². The highest BCUT2D eigenvalue weighted by molar-refractivity contribution is 6.32. The number of ether oxygens (including phenoxy) is 1. The Morgan fingerprint density at radius 2 is 1.73 bits per heavy atom. The van der Waals surface area contributed by atoms with E-state index >= 15 is 0 Å². The van der Waals surface area contributed by atoms with Crippen LogP contribution < -0.4 is 10.1 Å². The van der Waals surface area contributed by atoms with Crippen molar-refractivity contribution in [2.45, 2.75) is 6.61 Å². The van der Waals surface area contributed by atoms with Crippen LogP contribution in [0.5, 0.6) is 5.75 Å². The molecule has 1 heterocycles. The van der Waals surface area contributed by atoms with Gasteiger partial charge < -0.3 is 14.5 Å². The fourth-order valence-corrected chi connectivity index (χ4v) is 3.45. The number of carbonyl (C=O) groups is 2. The number of hydrogen-bond donors (Lipinski definition) is 1. The Morgan fingerprint density at radius 3 is 2.48 bits per heavy atom. The summed E-state index contributed by atoms with van der Waals surface area (Å²) in [6.07, 6.45) is 0. The number of rotatable bonds is 7. The number of carbonyl (C=O) groups excluding carboxylic acids is 2. The summed E-state index contributed by atoms with van der Waals surface area (Å²) in [5, 5.41) is 3.18. The van der Waals surface area contributed by atoms with Gasteiger partial charge in [-0.15, -0.1) is 0 Å². The third kappa shape index (κ3) is 5.42.